The van der Waals surface area contributed by atoms with Gasteiger partial charge in [0.2, 0.25) is 5.78 Å². The summed E-state index contributed by atoms with van der Waals surface area (Å²) in [4.78, 5) is 18.5. The number of hydrogen-bond donors (Lipinski definition) is 0. The number of ketones is 1. The SMILES string of the molecule is COC1=CC2ON=C(c3cccc(Br)c3)C2C(=O)C1(OC)OC. The number of carbonyl (C=O) groups is 1. The molecule has 1 heterocycles. The molecule has 0 radical (unpaired) electrons. The number of benzene rings is 1. The van der Waals surface area contributed by atoms with Crippen LogP contribution in [-0.2, 0) is 23.8 Å². The highest BCUT2D eigenvalue weighted by atomic mass is 79.9. The van der Waals surface area contributed by atoms with Crippen LogP contribution in [0.1, 0.15) is 5.56 Å². The molecule has 122 valence electrons. The molecule has 0 spiro atoms. The van der Waals surface area contributed by atoms with E-state index in [4.69, 9.17) is 19.0 Å². The smallest absolute Gasteiger partial charge is 0.289 e. The minimum Gasteiger partial charge on any atom is -0.495 e. The third kappa shape index (κ3) is 2.39. The summed E-state index contributed by atoms with van der Waals surface area (Å²) in [7, 11) is 4.26. The van der Waals surface area contributed by atoms with Gasteiger partial charge < -0.3 is 19.0 Å². The minimum absolute atomic E-state index is 0.263. The number of fused-ring (bicyclic) bond motifs is 1. The van der Waals surface area contributed by atoms with Gasteiger partial charge in [0.1, 0.15) is 11.6 Å². The summed E-state index contributed by atoms with van der Waals surface area (Å²) in [5, 5.41) is 4.11. The Morgan fingerprint density at radius 1 is 1.26 bits per heavy atom. The average molecular weight is 382 g/mol. The molecule has 1 aliphatic carbocycles. The number of carbonyl (C=O) groups excluding carboxylic acids is 1. The lowest BCUT2D eigenvalue weighted by Crippen LogP contribution is -2.55. The predicted octanol–water partition coefficient (Wildman–Crippen LogP) is 2.27. The summed E-state index contributed by atoms with van der Waals surface area (Å²) in [5.41, 5.74) is 1.35. The fourth-order valence-corrected chi connectivity index (χ4v) is 3.34. The molecule has 6 nitrogen and oxygen atoms in total. The zero-order chi connectivity index (χ0) is 16.6. The second kappa shape index (κ2) is 6.07. The second-order valence-electron chi connectivity index (χ2n) is 5.16. The van der Waals surface area contributed by atoms with E-state index >= 15 is 0 Å². The van der Waals surface area contributed by atoms with Gasteiger partial charge >= 0.3 is 0 Å². The van der Waals surface area contributed by atoms with Crippen LogP contribution in [0, 0.1) is 5.92 Å². The second-order valence-corrected chi connectivity index (χ2v) is 6.07. The van der Waals surface area contributed by atoms with Crippen molar-refractivity contribution < 1.29 is 23.8 Å². The Morgan fingerprint density at radius 3 is 2.61 bits per heavy atom. The molecule has 0 amide bonds. The number of nitrogens with zero attached hydrogens (tertiary/aromatic N) is 1. The van der Waals surface area contributed by atoms with Crippen molar-refractivity contribution in [2.24, 2.45) is 11.1 Å². The Bertz CT molecular complexity index is 695. The minimum atomic E-state index is -1.59. The molecule has 2 aliphatic rings. The van der Waals surface area contributed by atoms with Crippen LogP contribution in [-0.4, -0.2) is 44.7 Å². The summed E-state index contributed by atoms with van der Waals surface area (Å²) in [6, 6.07) is 7.53. The molecule has 7 heteroatoms. The largest absolute Gasteiger partial charge is 0.495 e. The van der Waals surface area contributed by atoms with E-state index in [2.05, 4.69) is 21.1 Å². The van der Waals surface area contributed by atoms with E-state index in [9.17, 15) is 4.79 Å². The molecule has 0 saturated heterocycles. The van der Waals surface area contributed by atoms with Crippen LogP contribution in [0.2, 0.25) is 0 Å². The van der Waals surface area contributed by atoms with E-state index in [0.717, 1.165) is 10.0 Å². The fraction of sp³-hybridized carbons (Fsp3) is 0.375. The summed E-state index contributed by atoms with van der Waals surface area (Å²) < 4.78 is 16.9. The number of oxime groups is 1. The van der Waals surface area contributed by atoms with Gasteiger partial charge in [0.15, 0.2) is 11.9 Å². The number of rotatable bonds is 4. The number of halogens is 1. The van der Waals surface area contributed by atoms with Gasteiger partial charge in [0, 0.05) is 30.3 Å². The van der Waals surface area contributed by atoms with Crippen LogP contribution in [0.5, 0.6) is 0 Å². The van der Waals surface area contributed by atoms with Crippen LogP contribution >= 0.6 is 15.9 Å². The van der Waals surface area contributed by atoms with Gasteiger partial charge in [-0.05, 0) is 12.1 Å². The molecule has 0 fully saturated rings. The first-order valence-electron chi connectivity index (χ1n) is 6.98. The Morgan fingerprint density at radius 2 is 2.00 bits per heavy atom. The average Bonchev–Trinajstić information content (AvgIpc) is 2.99. The monoisotopic (exact) mass is 381 g/mol. The van der Waals surface area contributed by atoms with Gasteiger partial charge in [-0.15, -0.1) is 0 Å². The Balaban J connectivity index is 2.06. The van der Waals surface area contributed by atoms with Crippen LogP contribution in [0.15, 0.2) is 45.7 Å². The molecule has 2 atom stereocenters. The Labute approximate surface area is 142 Å². The number of methoxy groups -OCH3 is 3. The molecule has 23 heavy (non-hydrogen) atoms. The lowest BCUT2D eigenvalue weighted by molar-refractivity contribution is -0.210. The highest BCUT2D eigenvalue weighted by Crippen LogP contribution is 2.39. The zero-order valence-electron chi connectivity index (χ0n) is 12.9. The highest BCUT2D eigenvalue weighted by molar-refractivity contribution is 9.10. The van der Waals surface area contributed by atoms with E-state index in [0.29, 0.717) is 5.71 Å². The molecule has 0 N–H and O–H groups in total. The first kappa shape index (κ1) is 16.2. The predicted molar refractivity (Wildman–Crippen MR) is 85.9 cm³/mol. The highest BCUT2D eigenvalue weighted by Gasteiger charge is 2.57. The first-order chi connectivity index (χ1) is 11.1. The third-order valence-electron chi connectivity index (χ3n) is 4.06. The third-order valence-corrected chi connectivity index (χ3v) is 4.55. The lowest BCUT2D eigenvalue weighted by Gasteiger charge is -2.36. The number of ether oxygens (including phenoxy) is 3. The molecular formula is C16H16BrNO5. The van der Waals surface area contributed by atoms with Crippen LogP contribution in [0.4, 0.5) is 0 Å². The maximum Gasteiger partial charge on any atom is 0.289 e. The van der Waals surface area contributed by atoms with Gasteiger partial charge in [-0.2, -0.15) is 0 Å². The van der Waals surface area contributed by atoms with Gasteiger partial charge in [0.05, 0.1) is 7.11 Å². The van der Waals surface area contributed by atoms with Gasteiger partial charge in [-0.25, -0.2) is 0 Å². The maximum absolute atomic E-state index is 13.1. The molecular weight excluding hydrogens is 366 g/mol. The van der Waals surface area contributed by atoms with Crippen molar-refractivity contribution >= 4 is 27.4 Å². The Hall–Kier alpha value is -1.70. The fourth-order valence-electron chi connectivity index (χ4n) is 2.94. The van der Waals surface area contributed by atoms with E-state index in [-0.39, 0.29) is 11.5 Å². The molecule has 1 aromatic rings. The maximum atomic E-state index is 13.1. The quantitative estimate of drug-likeness (QED) is 0.748. The number of hydrogen-bond acceptors (Lipinski definition) is 6. The van der Waals surface area contributed by atoms with E-state index < -0.39 is 17.8 Å². The summed E-state index contributed by atoms with van der Waals surface area (Å²) in [6.07, 6.45) is 1.14. The molecule has 0 aromatic heterocycles. The van der Waals surface area contributed by atoms with Crippen molar-refractivity contribution in [1.29, 1.82) is 0 Å². The molecule has 1 aromatic carbocycles. The molecule has 0 bridgehead atoms. The van der Waals surface area contributed by atoms with Crippen molar-refractivity contribution in [3.05, 3.63) is 46.1 Å². The lowest BCUT2D eigenvalue weighted by atomic mass is 9.80. The molecule has 2 unspecified atom stereocenters. The van der Waals surface area contributed by atoms with Gasteiger partial charge in [-0.3, -0.25) is 4.79 Å². The van der Waals surface area contributed by atoms with Crippen molar-refractivity contribution in [3.8, 4) is 0 Å². The topological polar surface area (TPSA) is 66.4 Å². The van der Waals surface area contributed by atoms with Crippen molar-refractivity contribution in [1.82, 2.24) is 0 Å². The van der Waals surface area contributed by atoms with Crippen molar-refractivity contribution in [2.75, 3.05) is 21.3 Å². The molecule has 0 saturated carbocycles. The van der Waals surface area contributed by atoms with Gasteiger partial charge in [0.25, 0.3) is 5.79 Å². The van der Waals surface area contributed by atoms with Crippen LogP contribution in [0.3, 0.4) is 0 Å². The van der Waals surface area contributed by atoms with E-state index in [1.54, 1.807) is 6.08 Å². The van der Waals surface area contributed by atoms with Crippen molar-refractivity contribution in [3.63, 3.8) is 0 Å². The van der Waals surface area contributed by atoms with Crippen molar-refractivity contribution in [2.45, 2.75) is 11.9 Å². The molecule has 3 rings (SSSR count). The first-order valence-corrected chi connectivity index (χ1v) is 7.77. The van der Waals surface area contributed by atoms with Gasteiger partial charge in [-0.1, -0.05) is 33.2 Å². The van der Waals surface area contributed by atoms with E-state index in [1.807, 2.05) is 24.3 Å². The standard InChI is InChI=1S/C16H16BrNO5/c1-20-12-8-11-13(15(19)16(12,21-2)22-3)14(18-23-11)9-5-4-6-10(17)7-9/h4-8,11,13H,1-3H3. The summed E-state index contributed by atoms with van der Waals surface area (Å²) >= 11 is 3.42. The normalized spacial score (nSPS) is 25.3. The Kier molecular flexibility index (Phi) is 4.27. The summed E-state index contributed by atoms with van der Waals surface area (Å²) in [5.74, 6) is -2.25. The molecule has 1 aliphatic heterocycles. The number of Topliss-reactive ketones (excluding diaryl/α,β-unsaturated/α-hetero) is 1. The zero-order valence-corrected chi connectivity index (χ0v) is 14.5. The van der Waals surface area contributed by atoms with Crippen LogP contribution < -0.4 is 0 Å². The summed E-state index contributed by atoms with van der Waals surface area (Å²) in [6.45, 7) is 0. The van der Waals surface area contributed by atoms with E-state index in [1.165, 1.54) is 21.3 Å². The van der Waals surface area contributed by atoms with Crippen LogP contribution in [0.25, 0.3) is 0 Å².